The van der Waals surface area contributed by atoms with E-state index in [-0.39, 0.29) is 15.9 Å². The van der Waals surface area contributed by atoms with Gasteiger partial charge in [-0.25, -0.2) is 4.68 Å². The lowest BCUT2D eigenvalue weighted by Crippen LogP contribution is -2.08. The fourth-order valence-corrected chi connectivity index (χ4v) is 3.73. The van der Waals surface area contributed by atoms with Gasteiger partial charge in [0, 0.05) is 17.4 Å². The van der Waals surface area contributed by atoms with Gasteiger partial charge in [0.25, 0.3) is 5.69 Å². The fourth-order valence-electron chi connectivity index (χ4n) is 2.76. The van der Waals surface area contributed by atoms with Crippen LogP contribution in [-0.4, -0.2) is 25.1 Å². The van der Waals surface area contributed by atoms with Gasteiger partial charge < -0.3 is 0 Å². The van der Waals surface area contributed by atoms with Crippen LogP contribution in [0.2, 0.25) is 0 Å². The van der Waals surface area contributed by atoms with Crippen molar-refractivity contribution in [3.63, 3.8) is 0 Å². The van der Waals surface area contributed by atoms with Gasteiger partial charge in [-0.15, -0.1) is 5.10 Å². The summed E-state index contributed by atoms with van der Waals surface area (Å²) in [6.07, 6.45) is 4.66. The molecule has 7 nitrogen and oxygen atoms in total. The van der Waals surface area contributed by atoms with Crippen molar-refractivity contribution >= 4 is 17.4 Å². The summed E-state index contributed by atoms with van der Waals surface area (Å²) in [6.45, 7) is 2.01. The Bertz CT molecular complexity index is 669. The Morgan fingerprint density at radius 1 is 1.41 bits per heavy atom. The molecule has 116 valence electrons. The number of nitro benzene ring substituents is 1. The summed E-state index contributed by atoms with van der Waals surface area (Å²) in [5.74, 6) is 0. The van der Waals surface area contributed by atoms with Crippen molar-refractivity contribution in [2.24, 2.45) is 0 Å². The maximum absolute atomic E-state index is 10.9. The van der Waals surface area contributed by atoms with Gasteiger partial charge in [-0.2, -0.15) is 0 Å². The molecule has 1 aliphatic carbocycles. The molecule has 22 heavy (non-hydrogen) atoms. The normalized spacial score (nSPS) is 16.8. The van der Waals surface area contributed by atoms with Crippen molar-refractivity contribution in [1.82, 2.24) is 20.2 Å². The Balaban J connectivity index is 1.77. The molecule has 1 unspecified atom stereocenters. The minimum absolute atomic E-state index is 0.0473. The lowest BCUT2D eigenvalue weighted by Gasteiger charge is -2.14. The zero-order valence-electron chi connectivity index (χ0n) is 12.3. The number of tetrazole rings is 1. The third-order valence-corrected chi connectivity index (χ3v) is 5.07. The van der Waals surface area contributed by atoms with Gasteiger partial charge in [0.05, 0.1) is 11.0 Å². The molecule has 1 saturated carbocycles. The molecule has 1 heterocycles. The smallest absolute Gasteiger partial charge is 0.258 e. The second kappa shape index (κ2) is 6.43. The first-order chi connectivity index (χ1) is 10.6. The maximum atomic E-state index is 10.9. The van der Waals surface area contributed by atoms with Crippen LogP contribution < -0.4 is 0 Å². The number of hydrogen-bond donors (Lipinski definition) is 0. The highest BCUT2D eigenvalue weighted by Crippen LogP contribution is 2.37. The van der Waals surface area contributed by atoms with Gasteiger partial charge in [0.1, 0.15) is 0 Å². The van der Waals surface area contributed by atoms with Crippen LogP contribution in [0.3, 0.4) is 0 Å². The molecule has 8 heteroatoms. The van der Waals surface area contributed by atoms with Crippen LogP contribution in [0.25, 0.3) is 0 Å². The van der Waals surface area contributed by atoms with E-state index in [9.17, 15) is 10.1 Å². The molecule has 0 aliphatic heterocycles. The quantitative estimate of drug-likeness (QED) is 0.476. The number of rotatable bonds is 5. The van der Waals surface area contributed by atoms with E-state index in [4.69, 9.17) is 0 Å². The SMILES string of the molecule is CC(Sc1nnnn1C1CCCC1)c1cccc([N+](=O)[O-])c1. The highest BCUT2D eigenvalue weighted by molar-refractivity contribution is 7.99. The number of aromatic nitrogens is 4. The first kappa shape index (κ1) is 15.0. The van der Waals surface area contributed by atoms with Crippen molar-refractivity contribution in [2.75, 3.05) is 0 Å². The highest BCUT2D eigenvalue weighted by atomic mass is 32.2. The van der Waals surface area contributed by atoms with Crippen LogP contribution in [0.4, 0.5) is 5.69 Å². The molecule has 0 spiro atoms. The average Bonchev–Trinajstić information content (AvgIpc) is 3.18. The van der Waals surface area contributed by atoms with E-state index in [1.807, 2.05) is 17.7 Å². The fraction of sp³-hybridized carbons (Fsp3) is 0.500. The van der Waals surface area contributed by atoms with Crippen LogP contribution in [0.1, 0.15) is 49.5 Å². The summed E-state index contributed by atoms with van der Waals surface area (Å²) in [5, 5.41) is 23.7. The summed E-state index contributed by atoms with van der Waals surface area (Å²) in [7, 11) is 0. The van der Waals surface area contributed by atoms with Crippen LogP contribution >= 0.6 is 11.8 Å². The number of non-ortho nitro benzene ring substituents is 1. The molecule has 0 bridgehead atoms. The molecule has 1 aromatic heterocycles. The third kappa shape index (κ3) is 3.11. The van der Waals surface area contributed by atoms with Crippen molar-refractivity contribution < 1.29 is 4.92 Å². The van der Waals surface area contributed by atoms with Crippen molar-refractivity contribution in [2.45, 2.75) is 49.1 Å². The Morgan fingerprint density at radius 2 is 2.18 bits per heavy atom. The molecule has 0 amide bonds. The molecule has 1 fully saturated rings. The number of thioether (sulfide) groups is 1. The molecule has 1 aliphatic rings. The van der Waals surface area contributed by atoms with Crippen molar-refractivity contribution in [1.29, 1.82) is 0 Å². The molecule has 1 aromatic carbocycles. The summed E-state index contributed by atoms with van der Waals surface area (Å²) in [4.78, 5) is 10.5. The van der Waals surface area contributed by atoms with Crippen LogP contribution in [0.15, 0.2) is 29.4 Å². The first-order valence-electron chi connectivity index (χ1n) is 7.34. The monoisotopic (exact) mass is 319 g/mol. The van der Waals surface area contributed by atoms with E-state index in [1.54, 1.807) is 23.9 Å². The van der Waals surface area contributed by atoms with E-state index in [0.29, 0.717) is 6.04 Å². The summed E-state index contributed by atoms with van der Waals surface area (Å²) in [5.41, 5.74) is 1.01. The topological polar surface area (TPSA) is 86.7 Å². The molecule has 2 aromatic rings. The van der Waals surface area contributed by atoms with E-state index in [2.05, 4.69) is 15.5 Å². The van der Waals surface area contributed by atoms with E-state index in [0.717, 1.165) is 23.6 Å². The third-order valence-electron chi connectivity index (χ3n) is 3.97. The molecular weight excluding hydrogens is 302 g/mol. The predicted octanol–water partition coefficient (Wildman–Crippen LogP) is 3.55. The van der Waals surface area contributed by atoms with E-state index < -0.39 is 0 Å². The molecule has 0 saturated heterocycles. The Kier molecular flexibility index (Phi) is 4.37. The molecule has 3 rings (SSSR count). The number of benzene rings is 1. The van der Waals surface area contributed by atoms with Crippen LogP contribution in [0, 0.1) is 10.1 Å². The molecule has 0 radical (unpaired) electrons. The Morgan fingerprint density at radius 3 is 2.91 bits per heavy atom. The zero-order valence-corrected chi connectivity index (χ0v) is 13.1. The largest absolute Gasteiger partial charge is 0.269 e. The highest BCUT2D eigenvalue weighted by Gasteiger charge is 2.23. The van der Waals surface area contributed by atoms with Crippen molar-refractivity contribution in [3.05, 3.63) is 39.9 Å². The average molecular weight is 319 g/mol. The second-order valence-corrected chi connectivity index (χ2v) is 6.76. The van der Waals surface area contributed by atoms with Gasteiger partial charge in [0.2, 0.25) is 5.16 Å². The molecule has 1 atom stereocenters. The van der Waals surface area contributed by atoms with Gasteiger partial charge in [-0.05, 0) is 35.8 Å². The minimum Gasteiger partial charge on any atom is -0.258 e. The number of hydrogen-bond acceptors (Lipinski definition) is 6. The lowest BCUT2D eigenvalue weighted by atomic mass is 10.1. The lowest BCUT2D eigenvalue weighted by molar-refractivity contribution is -0.384. The Hall–Kier alpha value is -1.96. The van der Waals surface area contributed by atoms with Gasteiger partial charge >= 0.3 is 0 Å². The molecule has 0 N–H and O–H groups in total. The Labute approximate surface area is 132 Å². The maximum Gasteiger partial charge on any atom is 0.269 e. The predicted molar refractivity (Wildman–Crippen MR) is 82.7 cm³/mol. The summed E-state index contributed by atoms with van der Waals surface area (Å²) < 4.78 is 1.91. The van der Waals surface area contributed by atoms with Crippen LogP contribution in [-0.2, 0) is 0 Å². The second-order valence-electron chi connectivity index (χ2n) is 5.46. The van der Waals surface area contributed by atoms with Gasteiger partial charge in [0.15, 0.2) is 0 Å². The van der Waals surface area contributed by atoms with Gasteiger partial charge in [-0.1, -0.05) is 36.7 Å². The summed E-state index contributed by atoms with van der Waals surface area (Å²) in [6, 6.07) is 7.11. The van der Waals surface area contributed by atoms with E-state index >= 15 is 0 Å². The zero-order chi connectivity index (χ0) is 15.5. The standard InChI is InChI=1S/C14H17N5O2S/c1-10(11-5-4-8-13(9-11)19(20)21)22-14-15-16-17-18(14)12-6-2-3-7-12/h4-5,8-10,12H,2-3,6-7H2,1H3. The van der Waals surface area contributed by atoms with E-state index in [1.165, 1.54) is 18.9 Å². The minimum atomic E-state index is -0.372. The number of nitrogens with zero attached hydrogens (tertiary/aromatic N) is 5. The molecular formula is C14H17N5O2S. The van der Waals surface area contributed by atoms with Gasteiger partial charge in [-0.3, -0.25) is 10.1 Å². The summed E-state index contributed by atoms with van der Waals surface area (Å²) >= 11 is 1.54. The number of nitro groups is 1. The van der Waals surface area contributed by atoms with Crippen LogP contribution in [0.5, 0.6) is 0 Å². The first-order valence-corrected chi connectivity index (χ1v) is 8.22. The van der Waals surface area contributed by atoms with Crippen molar-refractivity contribution in [3.8, 4) is 0 Å².